The second kappa shape index (κ2) is 6.36. The molecule has 2 rings (SSSR count). The van der Waals surface area contributed by atoms with Crippen LogP contribution in [0, 0.1) is 0 Å². The number of amides is 1. The van der Waals surface area contributed by atoms with E-state index in [1.54, 1.807) is 18.3 Å². The van der Waals surface area contributed by atoms with Crippen LogP contribution in [0.3, 0.4) is 0 Å². The third-order valence-electron chi connectivity index (χ3n) is 2.36. The van der Waals surface area contributed by atoms with Crippen molar-refractivity contribution in [2.24, 2.45) is 5.10 Å². The molecule has 0 fully saturated rings. The lowest BCUT2D eigenvalue weighted by Crippen LogP contribution is -2.17. The van der Waals surface area contributed by atoms with E-state index in [0.717, 1.165) is 5.56 Å². The van der Waals surface area contributed by atoms with Crippen LogP contribution in [-0.4, -0.2) is 12.1 Å². The van der Waals surface area contributed by atoms with E-state index >= 15 is 0 Å². The van der Waals surface area contributed by atoms with Crippen molar-refractivity contribution < 1.29 is 4.79 Å². The van der Waals surface area contributed by atoms with Crippen molar-refractivity contribution in [3.05, 3.63) is 69.7 Å². The largest absolute Gasteiger partial charge is 0.271 e. The summed E-state index contributed by atoms with van der Waals surface area (Å²) in [6.07, 6.45) is 1.56. The Balaban J connectivity index is 2.01. The fourth-order valence-electron chi connectivity index (χ4n) is 1.41. The lowest BCUT2D eigenvalue weighted by molar-refractivity contribution is 0.0955. The van der Waals surface area contributed by atoms with Crippen molar-refractivity contribution in [1.29, 1.82) is 0 Å². The lowest BCUT2D eigenvalue weighted by atomic mass is 10.2. The Morgan fingerprint density at radius 1 is 1.05 bits per heavy atom. The molecule has 0 heterocycles. The van der Waals surface area contributed by atoms with Gasteiger partial charge in [0.2, 0.25) is 0 Å². The van der Waals surface area contributed by atoms with Crippen molar-refractivity contribution in [1.82, 2.24) is 5.43 Å². The van der Waals surface area contributed by atoms with Crippen LogP contribution in [0.5, 0.6) is 0 Å². The summed E-state index contributed by atoms with van der Waals surface area (Å²) in [5, 5.41) is 4.61. The SMILES string of the molecule is O=C(NN=Cc1ccccc1)c1ccc(Cl)c(Cl)c1. The molecule has 0 spiro atoms. The first-order valence-electron chi connectivity index (χ1n) is 5.50. The number of nitrogens with zero attached hydrogens (tertiary/aromatic N) is 1. The minimum Gasteiger partial charge on any atom is -0.267 e. The highest BCUT2D eigenvalue weighted by Gasteiger charge is 2.06. The Hall–Kier alpha value is -1.84. The predicted molar refractivity (Wildman–Crippen MR) is 78.0 cm³/mol. The second-order valence-electron chi connectivity index (χ2n) is 3.74. The van der Waals surface area contributed by atoms with Gasteiger partial charge in [0.15, 0.2) is 0 Å². The van der Waals surface area contributed by atoms with Crippen LogP contribution >= 0.6 is 23.2 Å². The number of carbonyl (C=O) groups is 1. The standard InChI is InChI=1S/C14H10Cl2N2O/c15-12-7-6-11(8-13(12)16)14(19)18-17-9-10-4-2-1-3-5-10/h1-9H,(H,18,19). The molecule has 0 unspecified atom stereocenters. The molecule has 1 N–H and O–H groups in total. The molecule has 19 heavy (non-hydrogen) atoms. The Morgan fingerprint density at radius 3 is 2.47 bits per heavy atom. The Bertz CT molecular complexity index is 612. The predicted octanol–water partition coefficient (Wildman–Crippen LogP) is 3.76. The lowest BCUT2D eigenvalue weighted by Gasteiger charge is -2.01. The van der Waals surface area contributed by atoms with Crippen LogP contribution in [0.25, 0.3) is 0 Å². The average molecular weight is 293 g/mol. The van der Waals surface area contributed by atoms with E-state index in [1.807, 2.05) is 30.3 Å². The van der Waals surface area contributed by atoms with Crippen molar-refractivity contribution in [3.63, 3.8) is 0 Å². The number of benzene rings is 2. The van der Waals surface area contributed by atoms with E-state index in [0.29, 0.717) is 15.6 Å². The Morgan fingerprint density at radius 2 is 1.79 bits per heavy atom. The monoisotopic (exact) mass is 292 g/mol. The smallest absolute Gasteiger partial charge is 0.267 e. The van der Waals surface area contributed by atoms with E-state index in [-0.39, 0.29) is 5.91 Å². The summed E-state index contributed by atoms with van der Waals surface area (Å²) in [5.74, 6) is -0.342. The van der Waals surface area contributed by atoms with Gasteiger partial charge in [0.1, 0.15) is 0 Å². The van der Waals surface area contributed by atoms with Gasteiger partial charge in [0.25, 0.3) is 5.91 Å². The third kappa shape index (κ3) is 3.81. The number of carbonyl (C=O) groups excluding carboxylic acids is 1. The summed E-state index contributed by atoms with van der Waals surface area (Å²) in [6.45, 7) is 0. The highest BCUT2D eigenvalue weighted by Crippen LogP contribution is 2.22. The van der Waals surface area contributed by atoms with Gasteiger partial charge in [0.05, 0.1) is 16.3 Å². The molecule has 0 saturated carbocycles. The number of hydrazone groups is 1. The molecule has 0 atom stereocenters. The summed E-state index contributed by atoms with van der Waals surface area (Å²) in [7, 11) is 0. The number of hydrogen-bond donors (Lipinski definition) is 1. The molecule has 0 saturated heterocycles. The summed E-state index contributed by atoms with van der Waals surface area (Å²) in [5.41, 5.74) is 3.73. The van der Waals surface area contributed by atoms with Crippen LogP contribution in [0.1, 0.15) is 15.9 Å². The summed E-state index contributed by atoms with van der Waals surface area (Å²) in [6, 6.07) is 14.1. The maximum atomic E-state index is 11.8. The van der Waals surface area contributed by atoms with Crippen molar-refractivity contribution in [2.75, 3.05) is 0 Å². The van der Waals surface area contributed by atoms with Gasteiger partial charge in [-0.05, 0) is 23.8 Å². The van der Waals surface area contributed by atoms with E-state index in [1.165, 1.54) is 6.07 Å². The van der Waals surface area contributed by atoms with Crippen LogP contribution in [0.15, 0.2) is 53.6 Å². The third-order valence-corrected chi connectivity index (χ3v) is 3.10. The van der Waals surface area contributed by atoms with Crippen LogP contribution in [0.2, 0.25) is 10.0 Å². The average Bonchev–Trinajstić information content (AvgIpc) is 2.43. The van der Waals surface area contributed by atoms with E-state index in [4.69, 9.17) is 23.2 Å². The van der Waals surface area contributed by atoms with Gasteiger partial charge in [-0.3, -0.25) is 4.79 Å². The summed E-state index contributed by atoms with van der Waals surface area (Å²) < 4.78 is 0. The van der Waals surface area contributed by atoms with Gasteiger partial charge < -0.3 is 0 Å². The van der Waals surface area contributed by atoms with Gasteiger partial charge in [-0.1, -0.05) is 53.5 Å². The topological polar surface area (TPSA) is 41.5 Å². The van der Waals surface area contributed by atoms with Gasteiger partial charge >= 0.3 is 0 Å². The Labute approximate surface area is 120 Å². The molecule has 0 aliphatic heterocycles. The molecule has 0 radical (unpaired) electrons. The highest BCUT2D eigenvalue weighted by atomic mass is 35.5. The van der Waals surface area contributed by atoms with Gasteiger partial charge in [0, 0.05) is 5.56 Å². The molecule has 0 aliphatic carbocycles. The minimum atomic E-state index is -0.342. The first kappa shape index (κ1) is 13.6. The maximum Gasteiger partial charge on any atom is 0.271 e. The molecule has 0 bridgehead atoms. The molecule has 0 aliphatic rings. The van der Waals surface area contributed by atoms with Gasteiger partial charge in [-0.25, -0.2) is 5.43 Å². The molecular formula is C14H10Cl2N2O. The second-order valence-corrected chi connectivity index (χ2v) is 4.55. The number of hydrogen-bond acceptors (Lipinski definition) is 2. The number of halogens is 2. The zero-order valence-electron chi connectivity index (χ0n) is 9.81. The highest BCUT2D eigenvalue weighted by molar-refractivity contribution is 6.42. The molecule has 96 valence electrons. The van der Waals surface area contributed by atoms with E-state index < -0.39 is 0 Å². The first-order valence-corrected chi connectivity index (χ1v) is 6.26. The van der Waals surface area contributed by atoms with E-state index in [2.05, 4.69) is 10.5 Å². The zero-order chi connectivity index (χ0) is 13.7. The van der Waals surface area contributed by atoms with Crippen molar-refractivity contribution in [2.45, 2.75) is 0 Å². The summed E-state index contributed by atoms with van der Waals surface area (Å²) in [4.78, 5) is 11.8. The van der Waals surface area contributed by atoms with Crippen molar-refractivity contribution in [3.8, 4) is 0 Å². The minimum absolute atomic E-state index is 0.335. The summed E-state index contributed by atoms with van der Waals surface area (Å²) >= 11 is 11.6. The molecule has 2 aromatic rings. The van der Waals surface area contributed by atoms with Crippen LogP contribution < -0.4 is 5.43 Å². The molecule has 1 amide bonds. The Kier molecular flexibility index (Phi) is 4.55. The van der Waals surface area contributed by atoms with Crippen LogP contribution in [-0.2, 0) is 0 Å². The molecule has 2 aromatic carbocycles. The van der Waals surface area contributed by atoms with Crippen molar-refractivity contribution >= 4 is 35.3 Å². The fraction of sp³-hybridized carbons (Fsp3) is 0. The molecule has 5 heteroatoms. The van der Waals surface area contributed by atoms with Gasteiger partial charge in [-0.15, -0.1) is 0 Å². The molecule has 3 nitrogen and oxygen atoms in total. The fourth-order valence-corrected chi connectivity index (χ4v) is 1.70. The number of rotatable bonds is 3. The quantitative estimate of drug-likeness (QED) is 0.679. The molecular weight excluding hydrogens is 283 g/mol. The number of nitrogens with one attached hydrogen (secondary N) is 1. The van der Waals surface area contributed by atoms with E-state index in [9.17, 15) is 4.79 Å². The molecule has 0 aromatic heterocycles. The zero-order valence-corrected chi connectivity index (χ0v) is 11.3. The first-order chi connectivity index (χ1) is 9.16. The van der Waals surface area contributed by atoms with Crippen LogP contribution in [0.4, 0.5) is 0 Å². The normalized spacial score (nSPS) is 10.6. The maximum absolute atomic E-state index is 11.8. The van der Waals surface area contributed by atoms with Gasteiger partial charge in [-0.2, -0.15) is 5.10 Å².